The van der Waals surface area contributed by atoms with Crippen LogP contribution in [0.2, 0.25) is 0 Å². The van der Waals surface area contributed by atoms with E-state index < -0.39 is 0 Å². The number of H-pyrrole nitrogens is 1. The van der Waals surface area contributed by atoms with Gasteiger partial charge in [0.15, 0.2) is 0 Å². The van der Waals surface area contributed by atoms with E-state index in [4.69, 9.17) is 4.74 Å². The van der Waals surface area contributed by atoms with Gasteiger partial charge in [-0.05, 0) is 24.5 Å². The summed E-state index contributed by atoms with van der Waals surface area (Å²) in [5.74, 6) is 0.0507. The lowest BCUT2D eigenvalue weighted by Crippen LogP contribution is -2.29. The van der Waals surface area contributed by atoms with E-state index in [1.165, 1.54) is 25.7 Å². The molecule has 1 aromatic carbocycles. The predicted molar refractivity (Wildman–Crippen MR) is 83.2 cm³/mol. The second kappa shape index (κ2) is 6.76. The number of benzene rings is 1. The highest BCUT2D eigenvalue weighted by molar-refractivity contribution is 5.88. The Bertz CT molecular complexity index is 600. The summed E-state index contributed by atoms with van der Waals surface area (Å²) in [6, 6.07) is 8.04. The number of carbonyl (C=O) groups is 1. The molecule has 1 aromatic heterocycles. The van der Waals surface area contributed by atoms with Crippen LogP contribution < -0.4 is 5.32 Å². The molecular weight excluding hydrogens is 264 g/mol. The normalized spacial score (nSPS) is 15.6. The zero-order chi connectivity index (χ0) is 14.5. The lowest BCUT2D eigenvalue weighted by Gasteiger charge is -2.11. The molecule has 1 fully saturated rings. The summed E-state index contributed by atoms with van der Waals surface area (Å²) in [7, 11) is 0. The van der Waals surface area contributed by atoms with Crippen LogP contribution in [0.5, 0.6) is 0 Å². The Morgan fingerprint density at radius 3 is 2.95 bits per heavy atom. The fourth-order valence-electron chi connectivity index (χ4n) is 2.98. The molecule has 0 unspecified atom stereocenters. The van der Waals surface area contributed by atoms with Crippen LogP contribution in [0.3, 0.4) is 0 Å². The van der Waals surface area contributed by atoms with E-state index in [-0.39, 0.29) is 5.91 Å². The first-order valence-corrected chi connectivity index (χ1v) is 7.76. The van der Waals surface area contributed by atoms with Gasteiger partial charge in [0.2, 0.25) is 5.91 Å². The van der Waals surface area contributed by atoms with Crippen molar-refractivity contribution in [2.45, 2.75) is 38.2 Å². The molecule has 2 aromatic rings. The second-order valence-corrected chi connectivity index (χ2v) is 5.66. The maximum Gasteiger partial charge on any atom is 0.224 e. The molecule has 0 aliphatic heterocycles. The van der Waals surface area contributed by atoms with Gasteiger partial charge in [-0.3, -0.25) is 4.79 Å². The van der Waals surface area contributed by atoms with Crippen molar-refractivity contribution >= 4 is 16.8 Å². The fourth-order valence-corrected chi connectivity index (χ4v) is 2.98. The highest BCUT2D eigenvalue weighted by Gasteiger charge is 2.15. The minimum absolute atomic E-state index is 0.0507. The molecule has 112 valence electrons. The molecule has 0 saturated heterocycles. The lowest BCUT2D eigenvalue weighted by atomic mass is 10.1. The standard InChI is InChI=1S/C17H22N2O2/c20-17(18-9-10-21-14-5-1-2-6-14)11-13-12-19-16-8-4-3-7-15(13)16/h3-4,7-8,12,14,19H,1-2,5-6,9-11H2,(H,18,20). The first-order chi connectivity index (χ1) is 10.3. The van der Waals surface area contributed by atoms with Gasteiger partial charge in [-0.15, -0.1) is 0 Å². The van der Waals surface area contributed by atoms with E-state index in [0.29, 0.717) is 25.7 Å². The summed E-state index contributed by atoms with van der Waals surface area (Å²) < 4.78 is 5.74. The van der Waals surface area contributed by atoms with Gasteiger partial charge >= 0.3 is 0 Å². The minimum atomic E-state index is 0.0507. The highest BCUT2D eigenvalue weighted by atomic mass is 16.5. The van der Waals surface area contributed by atoms with E-state index in [2.05, 4.69) is 10.3 Å². The lowest BCUT2D eigenvalue weighted by molar-refractivity contribution is -0.120. The molecule has 0 atom stereocenters. The Morgan fingerprint density at radius 1 is 1.29 bits per heavy atom. The third kappa shape index (κ3) is 3.64. The first kappa shape index (κ1) is 14.1. The van der Waals surface area contributed by atoms with E-state index >= 15 is 0 Å². The second-order valence-electron chi connectivity index (χ2n) is 5.66. The smallest absolute Gasteiger partial charge is 0.224 e. The van der Waals surface area contributed by atoms with Crippen LogP contribution in [0.15, 0.2) is 30.5 Å². The quantitative estimate of drug-likeness (QED) is 0.802. The SMILES string of the molecule is O=C(Cc1c[nH]c2ccccc12)NCCOC1CCCC1. The molecule has 4 nitrogen and oxygen atoms in total. The highest BCUT2D eigenvalue weighted by Crippen LogP contribution is 2.20. The maximum absolute atomic E-state index is 12.0. The Hall–Kier alpha value is -1.81. The largest absolute Gasteiger partial charge is 0.376 e. The molecular formula is C17H22N2O2. The number of aromatic amines is 1. The van der Waals surface area contributed by atoms with Crippen molar-refractivity contribution in [3.8, 4) is 0 Å². The molecule has 1 saturated carbocycles. The number of amides is 1. The summed E-state index contributed by atoms with van der Waals surface area (Å²) >= 11 is 0. The van der Waals surface area contributed by atoms with Gasteiger partial charge in [-0.2, -0.15) is 0 Å². The molecule has 0 spiro atoms. The van der Waals surface area contributed by atoms with Crippen molar-refractivity contribution in [1.82, 2.24) is 10.3 Å². The number of carbonyl (C=O) groups excluding carboxylic acids is 1. The van der Waals surface area contributed by atoms with Gasteiger partial charge in [0.25, 0.3) is 0 Å². The molecule has 0 radical (unpaired) electrons. The van der Waals surface area contributed by atoms with E-state index in [9.17, 15) is 4.79 Å². The van der Waals surface area contributed by atoms with Crippen LogP contribution in [-0.2, 0) is 16.0 Å². The summed E-state index contributed by atoms with van der Waals surface area (Å²) in [6.07, 6.45) is 7.63. The minimum Gasteiger partial charge on any atom is -0.376 e. The van der Waals surface area contributed by atoms with E-state index in [1.807, 2.05) is 30.5 Å². The summed E-state index contributed by atoms with van der Waals surface area (Å²) in [5, 5.41) is 4.05. The van der Waals surface area contributed by atoms with E-state index in [0.717, 1.165) is 16.5 Å². The number of hydrogen-bond acceptors (Lipinski definition) is 2. The number of rotatable bonds is 6. The average molecular weight is 286 g/mol. The number of nitrogens with one attached hydrogen (secondary N) is 2. The zero-order valence-corrected chi connectivity index (χ0v) is 12.2. The molecule has 1 aliphatic carbocycles. The molecule has 1 aliphatic rings. The van der Waals surface area contributed by atoms with Gasteiger partial charge in [-0.25, -0.2) is 0 Å². The Morgan fingerprint density at radius 2 is 2.10 bits per heavy atom. The van der Waals surface area contributed by atoms with Gasteiger partial charge in [0.05, 0.1) is 19.1 Å². The van der Waals surface area contributed by atoms with Crippen molar-refractivity contribution in [1.29, 1.82) is 0 Å². The molecule has 3 rings (SSSR count). The molecule has 0 bridgehead atoms. The topological polar surface area (TPSA) is 54.1 Å². The third-order valence-corrected chi connectivity index (χ3v) is 4.11. The average Bonchev–Trinajstić information content (AvgIpc) is 3.14. The Balaban J connectivity index is 1.43. The van der Waals surface area contributed by atoms with Gasteiger partial charge in [0.1, 0.15) is 0 Å². The molecule has 2 N–H and O–H groups in total. The van der Waals surface area contributed by atoms with Gasteiger partial charge < -0.3 is 15.0 Å². The number of para-hydroxylation sites is 1. The number of aromatic nitrogens is 1. The predicted octanol–water partition coefficient (Wildman–Crippen LogP) is 2.79. The monoisotopic (exact) mass is 286 g/mol. The zero-order valence-electron chi connectivity index (χ0n) is 12.2. The van der Waals surface area contributed by atoms with E-state index in [1.54, 1.807) is 0 Å². The number of fused-ring (bicyclic) bond motifs is 1. The summed E-state index contributed by atoms with van der Waals surface area (Å²) in [5.41, 5.74) is 2.12. The summed E-state index contributed by atoms with van der Waals surface area (Å²) in [6.45, 7) is 1.21. The number of ether oxygens (including phenoxy) is 1. The van der Waals surface area contributed by atoms with Crippen molar-refractivity contribution in [3.05, 3.63) is 36.0 Å². The Kier molecular flexibility index (Phi) is 4.55. The van der Waals surface area contributed by atoms with Gasteiger partial charge in [-0.1, -0.05) is 31.0 Å². The van der Waals surface area contributed by atoms with Crippen LogP contribution in [-0.4, -0.2) is 30.1 Å². The molecule has 4 heteroatoms. The van der Waals surface area contributed by atoms with Crippen LogP contribution in [0.25, 0.3) is 10.9 Å². The fraction of sp³-hybridized carbons (Fsp3) is 0.471. The van der Waals surface area contributed by atoms with Crippen molar-refractivity contribution in [2.75, 3.05) is 13.2 Å². The first-order valence-electron chi connectivity index (χ1n) is 7.76. The van der Waals surface area contributed by atoms with Crippen molar-refractivity contribution < 1.29 is 9.53 Å². The van der Waals surface area contributed by atoms with Crippen LogP contribution in [0.1, 0.15) is 31.2 Å². The van der Waals surface area contributed by atoms with Crippen molar-refractivity contribution in [3.63, 3.8) is 0 Å². The molecule has 21 heavy (non-hydrogen) atoms. The van der Waals surface area contributed by atoms with Crippen LogP contribution >= 0.6 is 0 Å². The summed E-state index contributed by atoms with van der Waals surface area (Å²) in [4.78, 5) is 15.2. The third-order valence-electron chi connectivity index (χ3n) is 4.11. The van der Waals surface area contributed by atoms with Gasteiger partial charge in [0, 0.05) is 23.6 Å². The van der Waals surface area contributed by atoms with Crippen LogP contribution in [0, 0.1) is 0 Å². The number of hydrogen-bond donors (Lipinski definition) is 2. The van der Waals surface area contributed by atoms with Crippen molar-refractivity contribution in [2.24, 2.45) is 0 Å². The Labute approximate surface area is 124 Å². The molecule has 1 amide bonds. The van der Waals surface area contributed by atoms with Crippen LogP contribution in [0.4, 0.5) is 0 Å². The maximum atomic E-state index is 12.0. The molecule has 1 heterocycles.